The van der Waals surface area contributed by atoms with E-state index in [1.54, 1.807) is 0 Å². The van der Waals surface area contributed by atoms with Gasteiger partial charge in [-0.15, -0.1) is 0 Å². The van der Waals surface area contributed by atoms with Crippen molar-refractivity contribution in [2.75, 3.05) is 6.54 Å². The highest BCUT2D eigenvalue weighted by atomic mass is 14.7. The van der Waals surface area contributed by atoms with Crippen LogP contribution in [0.15, 0.2) is 49.1 Å². The predicted molar refractivity (Wildman–Crippen MR) is 90.3 cm³/mol. The molecule has 0 unspecified atom stereocenters. The fourth-order valence-electron chi connectivity index (χ4n) is 2.85. The van der Waals surface area contributed by atoms with Gasteiger partial charge < -0.3 is 11.5 Å². The molecular formula is C18H26N4. The van der Waals surface area contributed by atoms with Crippen molar-refractivity contribution in [3.8, 4) is 0 Å². The summed E-state index contributed by atoms with van der Waals surface area (Å²) in [6.07, 6.45) is 13.4. The zero-order valence-corrected chi connectivity index (χ0v) is 13.1. The Balaban J connectivity index is 2.05. The molecule has 2 aromatic heterocycles. The Morgan fingerprint density at radius 1 is 0.773 bits per heavy atom. The molecule has 0 fully saturated rings. The molecule has 22 heavy (non-hydrogen) atoms. The van der Waals surface area contributed by atoms with E-state index in [-0.39, 0.29) is 5.54 Å². The van der Waals surface area contributed by atoms with Crippen LogP contribution in [-0.4, -0.2) is 22.1 Å². The standard InChI is InChI=1S/C18H26N4/c19-9-3-1-2-8-18(20,14-16-4-10-21-11-5-16)15-17-6-12-22-13-7-17/h4-7,10-13H,1-3,8-9,14-15,19-20H2. The van der Waals surface area contributed by atoms with Gasteiger partial charge in [0.1, 0.15) is 0 Å². The molecule has 0 saturated carbocycles. The van der Waals surface area contributed by atoms with Crippen molar-refractivity contribution >= 4 is 0 Å². The summed E-state index contributed by atoms with van der Waals surface area (Å²) in [6.45, 7) is 0.756. The number of hydrogen-bond acceptors (Lipinski definition) is 4. The third-order valence-corrected chi connectivity index (χ3v) is 3.99. The molecule has 118 valence electrons. The van der Waals surface area contributed by atoms with Crippen molar-refractivity contribution in [3.63, 3.8) is 0 Å². The number of rotatable bonds is 9. The van der Waals surface area contributed by atoms with Crippen molar-refractivity contribution in [3.05, 3.63) is 60.2 Å². The van der Waals surface area contributed by atoms with Gasteiger partial charge in [-0.05, 0) is 67.6 Å². The second kappa shape index (κ2) is 8.61. The maximum Gasteiger partial charge on any atom is 0.0270 e. The highest BCUT2D eigenvalue weighted by molar-refractivity contribution is 5.19. The van der Waals surface area contributed by atoms with Crippen LogP contribution in [-0.2, 0) is 12.8 Å². The van der Waals surface area contributed by atoms with Crippen molar-refractivity contribution in [1.82, 2.24) is 9.97 Å². The first kappa shape index (κ1) is 16.6. The third kappa shape index (κ3) is 5.54. The van der Waals surface area contributed by atoms with Crippen LogP contribution in [0, 0.1) is 0 Å². The molecule has 2 rings (SSSR count). The molecule has 4 heteroatoms. The lowest BCUT2D eigenvalue weighted by Crippen LogP contribution is -2.44. The van der Waals surface area contributed by atoms with E-state index < -0.39 is 0 Å². The number of aromatic nitrogens is 2. The Morgan fingerprint density at radius 3 is 1.73 bits per heavy atom. The second-order valence-corrected chi connectivity index (χ2v) is 6.03. The minimum Gasteiger partial charge on any atom is -0.330 e. The smallest absolute Gasteiger partial charge is 0.0270 e. The molecule has 0 radical (unpaired) electrons. The van der Waals surface area contributed by atoms with Gasteiger partial charge in [0.05, 0.1) is 0 Å². The monoisotopic (exact) mass is 298 g/mol. The molecule has 0 amide bonds. The number of nitrogens with zero attached hydrogens (tertiary/aromatic N) is 2. The maximum absolute atomic E-state index is 6.77. The van der Waals surface area contributed by atoms with E-state index in [1.165, 1.54) is 11.1 Å². The van der Waals surface area contributed by atoms with E-state index in [2.05, 4.69) is 9.97 Å². The highest BCUT2D eigenvalue weighted by Crippen LogP contribution is 2.22. The number of pyridine rings is 2. The first-order valence-electron chi connectivity index (χ1n) is 7.99. The normalized spacial score (nSPS) is 11.5. The largest absolute Gasteiger partial charge is 0.330 e. The molecule has 4 N–H and O–H groups in total. The number of unbranched alkanes of at least 4 members (excludes halogenated alkanes) is 2. The van der Waals surface area contributed by atoms with Gasteiger partial charge >= 0.3 is 0 Å². The van der Waals surface area contributed by atoms with Gasteiger partial charge in [-0.2, -0.15) is 0 Å². The van der Waals surface area contributed by atoms with Crippen molar-refractivity contribution in [2.45, 2.75) is 44.1 Å². The average Bonchev–Trinajstić information content (AvgIpc) is 2.53. The van der Waals surface area contributed by atoms with Crippen LogP contribution in [0.3, 0.4) is 0 Å². The molecule has 0 aliphatic heterocycles. The van der Waals surface area contributed by atoms with E-state index in [4.69, 9.17) is 11.5 Å². The summed E-state index contributed by atoms with van der Waals surface area (Å²) in [5.74, 6) is 0. The Morgan fingerprint density at radius 2 is 1.27 bits per heavy atom. The van der Waals surface area contributed by atoms with Crippen LogP contribution in [0.4, 0.5) is 0 Å². The van der Waals surface area contributed by atoms with Crippen molar-refractivity contribution in [1.29, 1.82) is 0 Å². The van der Waals surface area contributed by atoms with Crippen LogP contribution in [0.25, 0.3) is 0 Å². The first-order chi connectivity index (χ1) is 10.7. The molecule has 2 aromatic rings. The van der Waals surface area contributed by atoms with Crippen LogP contribution < -0.4 is 11.5 Å². The molecule has 2 heterocycles. The fourth-order valence-corrected chi connectivity index (χ4v) is 2.85. The fraction of sp³-hybridized carbons (Fsp3) is 0.444. The molecule has 0 atom stereocenters. The number of hydrogen-bond donors (Lipinski definition) is 2. The quantitative estimate of drug-likeness (QED) is 0.697. The van der Waals surface area contributed by atoms with E-state index in [0.717, 1.165) is 45.1 Å². The molecule has 0 bridgehead atoms. The van der Waals surface area contributed by atoms with Gasteiger partial charge in [-0.1, -0.05) is 12.8 Å². The second-order valence-electron chi connectivity index (χ2n) is 6.03. The Hall–Kier alpha value is -1.78. The summed E-state index contributed by atoms with van der Waals surface area (Å²) in [6, 6.07) is 8.20. The summed E-state index contributed by atoms with van der Waals surface area (Å²) in [4.78, 5) is 8.17. The lowest BCUT2D eigenvalue weighted by molar-refractivity contribution is 0.369. The molecule has 0 saturated heterocycles. The van der Waals surface area contributed by atoms with Crippen molar-refractivity contribution in [2.24, 2.45) is 11.5 Å². The first-order valence-corrected chi connectivity index (χ1v) is 7.99. The number of nitrogens with two attached hydrogens (primary N) is 2. The molecule has 0 spiro atoms. The average molecular weight is 298 g/mol. The Kier molecular flexibility index (Phi) is 6.49. The van der Waals surface area contributed by atoms with Gasteiger partial charge in [0, 0.05) is 30.3 Å². The molecular weight excluding hydrogens is 272 g/mol. The van der Waals surface area contributed by atoms with Crippen LogP contribution in [0.5, 0.6) is 0 Å². The van der Waals surface area contributed by atoms with Gasteiger partial charge in [-0.3, -0.25) is 9.97 Å². The highest BCUT2D eigenvalue weighted by Gasteiger charge is 2.25. The molecule has 4 nitrogen and oxygen atoms in total. The molecule has 0 aromatic carbocycles. The molecule has 0 aliphatic rings. The Labute approximate surface area is 133 Å². The zero-order chi connectivity index (χ0) is 15.7. The lowest BCUT2D eigenvalue weighted by Gasteiger charge is -2.30. The summed E-state index contributed by atoms with van der Waals surface area (Å²) in [5, 5.41) is 0. The van der Waals surface area contributed by atoms with E-state index in [9.17, 15) is 0 Å². The summed E-state index contributed by atoms with van der Waals surface area (Å²) in [5.41, 5.74) is 14.6. The lowest BCUT2D eigenvalue weighted by atomic mass is 9.82. The third-order valence-electron chi connectivity index (χ3n) is 3.99. The van der Waals surface area contributed by atoms with Gasteiger partial charge in [-0.25, -0.2) is 0 Å². The maximum atomic E-state index is 6.77. The summed E-state index contributed by atoms with van der Waals surface area (Å²) >= 11 is 0. The minimum atomic E-state index is -0.239. The van der Waals surface area contributed by atoms with Crippen molar-refractivity contribution < 1.29 is 0 Å². The molecule has 0 aliphatic carbocycles. The minimum absolute atomic E-state index is 0.239. The summed E-state index contributed by atoms with van der Waals surface area (Å²) < 4.78 is 0. The van der Waals surface area contributed by atoms with Gasteiger partial charge in [0.15, 0.2) is 0 Å². The zero-order valence-electron chi connectivity index (χ0n) is 13.1. The van der Waals surface area contributed by atoms with Gasteiger partial charge in [0.25, 0.3) is 0 Å². The van der Waals surface area contributed by atoms with Gasteiger partial charge in [0.2, 0.25) is 0 Å². The van der Waals surface area contributed by atoms with E-state index in [1.807, 2.05) is 49.1 Å². The van der Waals surface area contributed by atoms with Crippen LogP contribution >= 0.6 is 0 Å². The topological polar surface area (TPSA) is 77.8 Å². The van der Waals surface area contributed by atoms with Crippen LogP contribution in [0.1, 0.15) is 36.8 Å². The summed E-state index contributed by atoms with van der Waals surface area (Å²) in [7, 11) is 0. The Bertz CT molecular complexity index is 486. The van der Waals surface area contributed by atoms with Crippen LogP contribution in [0.2, 0.25) is 0 Å². The predicted octanol–water partition coefficient (Wildman–Crippen LogP) is 2.48. The van der Waals surface area contributed by atoms with E-state index >= 15 is 0 Å². The SMILES string of the molecule is NCCCCCC(N)(Cc1ccncc1)Cc1ccncc1. The van der Waals surface area contributed by atoms with E-state index in [0.29, 0.717) is 0 Å².